The Morgan fingerprint density at radius 1 is 0.949 bits per heavy atom. The van der Waals surface area contributed by atoms with Crippen LogP contribution in [0, 0.1) is 13.8 Å². The van der Waals surface area contributed by atoms with Crippen LogP contribution in [0.1, 0.15) is 43.9 Å². The Labute approximate surface area is 236 Å². The number of rotatable bonds is 11. The summed E-state index contributed by atoms with van der Waals surface area (Å²) >= 11 is 6.41. The molecule has 7 nitrogen and oxygen atoms in total. The van der Waals surface area contributed by atoms with E-state index in [0.717, 1.165) is 16.3 Å². The van der Waals surface area contributed by atoms with E-state index in [1.807, 2.05) is 32.9 Å². The van der Waals surface area contributed by atoms with Gasteiger partial charge in [0, 0.05) is 17.6 Å². The summed E-state index contributed by atoms with van der Waals surface area (Å²) in [4.78, 5) is 28.6. The lowest BCUT2D eigenvalue weighted by Gasteiger charge is -2.33. The maximum atomic E-state index is 14.0. The van der Waals surface area contributed by atoms with Crippen LogP contribution in [0.5, 0.6) is 0 Å². The number of anilines is 1. The third-order valence-electron chi connectivity index (χ3n) is 6.71. The average molecular weight is 570 g/mol. The van der Waals surface area contributed by atoms with E-state index in [-0.39, 0.29) is 23.4 Å². The fourth-order valence-corrected chi connectivity index (χ4v) is 5.77. The molecule has 0 saturated carbocycles. The number of amides is 2. The number of aryl methyl sites for hydroxylation is 2. The van der Waals surface area contributed by atoms with Gasteiger partial charge in [-0.25, -0.2) is 8.42 Å². The zero-order chi connectivity index (χ0) is 28.7. The van der Waals surface area contributed by atoms with Crippen molar-refractivity contribution in [2.24, 2.45) is 0 Å². The molecule has 0 aliphatic carbocycles. The Morgan fingerprint density at radius 2 is 1.59 bits per heavy atom. The fourth-order valence-electron chi connectivity index (χ4n) is 4.08. The predicted octanol–water partition coefficient (Wildman–Crippen LogP) is 5.48. The van der Waals surface area contributed by atoms with E-state index < -0.39 is 28.5 Å². The Kier molecular flexibility index (Phi) is 10.2. The van der Waals surface area contributed by atoms with Crippen LogP contribution >= 0.6 is 11.6 Å². The molecule has 9 heteroatoms. The van der Waals surface area contributed by atoms with Crippen molar-refractivity contribution in [2.45, 2.75) is 64.6 Å². The van der Waals surface area contributed by atoms with E-state index in [4.69, 9.17) is 11.6 Å². The zero-order valence-electron chi connectivity index (χ0n) is 23.0. The first-order chi connectivity index (χ1) is 18.4. The molecule has 39 heavy (non-hydrogen) atoms. The Hall–Kier alpha value is -3.36. The summed E-state index contributed by atoms with van der Waals surface area (Å²) < 4.78 is 29.0. The van der Waals surface area contributed by atoms with E-state index in [9.17, 15) is 18.0 Å². The fraction of sp³-hybridized carbons (Fsp3) is 0.333. The molecule has 0 radical (unpaired) electrons. The first-order valence-corrected chi connectivity index (χ1v) is 14.8. The van der Waals surface area contributed by atoms with Crippen molar-refractivity contribution in [1.82, 2.24) is 10.2 Å². The highest BCUT2D eigenvalue weighted by Gasteiger charge is 2.33. The smallest absolute Gasteiger partial charge is 0.264 e. The van der Waals surface area contributed by atoms with Gasteiger partial charge >= 0.3 is 0 Å². The van der Waals surface area contributed by atoms with Crippen molar-refractivity contribution < 1.29 is 18.0 Å². The van der Waals surface area contributed by atoms with Gasteiger partial charge in [-0.05, 0) is 75.1 Å². The molecule has 3 aromatic rings. The van der Waals surface area contributed by atoms with Crippen LogP contribution < -0.4 is 9.62 Å². The van der Waals surface area contributed by atoms with Crippen molar-refractivity contribution >= 4 is 39.1 Å². The zero-order valence-corrected chi connectivity index (χ0v) is 24.6. The molecular weight excluding hydrogens is 534 g/mol. The molecule has 0 bridgehead atoms. The van der Waals surface area contributed by atoms with E-state index in [2.05, 4.69) is 5.32 Å². The normalized spacial score (nSPS) is 12.9. The molecule has 0 saturated heterocycles. The number of hydrogen-bond donors (Lipinski definition) is 1. The summed E-state index contributed by atoms with van der Waals surface area (Å²) in [6, 6.07) is 19.6. The average Bonchev–Trinajstić information content (AvgIpc) is 2.92. The number of benzene rings is 3. The molecule has 0 aliphatic heterocycles. The van der Waals surface area contributed by atoms with E-state index >= 15 is 0 Å². The number of nitrogens with one attached hydrogen (secondary N) is 1. The van der Waals surface area contributed by atoms with Gasteiger partial charge in [-0.1, -0.05) is 67.1 Å². The minimum atomic E-state index is -4.11. The summed E-state index contributed by atoms with van der Waals surface area (Å²) in [6.45, 7) is 8.70. The van der Waals surface area contributed by atoms with Crippen LogP contribution in [0.25, 0.3) is 0 Å². The van der Waals surface area contributed by atoms with Crippen molar-refractivity contribution in [3.63, 3.8) is 0 Å². The Bertz CT molecular complexity index is 1410. The van der Waals surface area contributed by atoms with E-state index in [1.54, 1.807) is 62.4 Å². The third-order valence-corrected chi connectivity index (χ3v) is 8.85. The van der Waals surface area contributed by atoms with Gasteiger partial charge in [0.2, 0.25) is 11.8 Å². The summed E-state index contributed by atoms with van der Waals surface area (Å²) in [7, 11) is -4.11. The number of hydrogen-bond acceptors (Lipinski definition) is 4. The Balaban J connectivity index is 2.07. The van der Waals surface area contributed by atoms with Gasteiger partial charge in [0.25, 0.3) is 10.0 Å². The second kappa shape index (κ2) is 13.1. The van der Waals surface area contributed by atoms with Crippen LogP contribution in [0.3, 0.4) is 0 Å². The Morgan fingerprint density at radius 3 is 2.23 bits per heavy atom. The number of halogens is 1. The van der Waals surface area contributed by atoms with Gasteiger partial charge in [-0.3, -0.25) is 13.9 Å². The van der Waals surface area contributed by atoms with Gasteiger partial charge in [0.15, 0.2) is 0 Å². The number of carbonyl (C=O) groups is 2. The molecule has 1 N–H and O–H groups in total. The molecule has 0 heterocycles. The van der Waals surface area contributed by atoms with Gasteiger partial charge in [0.05, 0.1) is 10.6 Å². The quantitative estimate of drug-likeness (QED) is 0.331. The number of sulfonamides is 1. The topological polar surface area (TPSA) is 86.8 Å². The lowest BCUT2D eigenvalue weighted by molar-refractivity contribution is -0.139. The molecule has 0 aliphatic rings. The molecule has 0 spiro atoms. The second-order valence-corrected chi connectivity index (χ2v) is 12.0. The molecule has 3 aromatic carbocycles. The molecule has 3 rings (SSSR count). The predicted molar refractivity (Wildman–Crippen MR) is 156 cm³/mol. The molecule has 208 valence electrons. The van der Waals surface area contributed by atoms with Crippen LogP contribution in [0.15, 0.2) is 77.7 Å². The van der Waals surface area contributed by atoms with Gasteiger partial charge in [-0.2, -0.15) is 0 Å². The summed E-state index contributed by atoms with van der Waals surface area (Å²) in [5.41, 5.74) is 2.61. The molecule has 0 fully saturated rings. The van der Waals surface area contributed by atoms with Gasteiger partial charge in [0.1, 0.15) is 12.6 Å². The highest BCUT2D eigenvalue weighted by molar-refractivity contribution is 7.92. The lowest BCUT2D eigenvalue weighted by atomic mass is 10.1. The maximum Gasteiger partial charge on any atom is 0.264 e. The highest BCUT2D eigenvalue weighted by Crippen LogP contribution is 2.29. The van der Waals surface area contributed by atoms with Crippen LogP contribution in [0.2, 0.25) is 5.02 Å². The summed E-state index contributed by atoms with van der Waals surface area (Å²) in [6.07, 6.45) is 0.729. The van der Waals surface area contributed by atoms with E-state index in [0.29, 0.717) is 21.8 Å². The molecule has 0 aromatic heterocycles. The summed E-state index contributed by atoms with van der Waals surface area (Å²) in [5.74, 6) is -0.851. The van der Waals surface area contributed by atoms with Crippen molar-refractivity contribution in [2.75, 3.05) is 10.8 Å². The number of carbonyl (C=O) groups excluding carboxylic acids is 2. The maximum absolute atomic E-state index is 14.0. The van der Waals surface area contributed by atoms with Gasteiger partial charge in [-0.15, -0.1) is 0 Å². The first-order valence-electron chi connectivity index (χ1n) is 12.9. The van der Waals surface area contributed by atoms with Crippen molar-refractivity contribution in [3.8, 4) is 0 Å². The largest absolute Gasteiger partial charge is 0.352 e. The minimum Gasteiger partial charge on any atom is -0.352 e. The molecule has 2 atom stereocenters. The highest BCUT2D eigenvalue weighted by atomic mass is 35.5. The standard InChI is InChI=1S/C30H36ClN3O4S/c1-6-23(4)32-30(36)24(5)33(19-25-12-10-11-15-27(25)31)29(35)20-34(28-18-21(2)16-17-22(28)3)39(37,38)26-13-8-7-9-14-26/h7-18,23-24H,6,19-20H2,1-5H3,(H,32,36). The molecule has 2 unspecified atom stereocenters. The number of nitrogens with zero attached hydrogens (tertiary/aromatic N) is 2. The summed E-state index contributed by atoms with van der Waals surface area (Å²) in [5, 5.41) is 3.38. The van der Waals surface area contributed by atoms with Crippen LogP contribution in [-0.2, 0) is 26.2 Å². The SMILES string of the molecule is CCC(C)NC(=O)C(C)N(Cc1ccccc1Cl)C(=O)CN(c1cc(C)ccc1C)S(=O)(=O)c1ccccc1. The van der Waals surface area contributed by atoms with Crippen molar-refractivity contribution in [3.05, 3.63) is 94.5 Å². The lowest BCUT2D eigenvalue weighted by Crippen LogP contribution is -2.52. The van der Waals surface area contributed by atoms with Crippen LogP contribution in [-0.4, -0.2) is 43.8 Å². The van der Waals surface area contributed by atoms with Crippen molar-refractivity contribution in [1.29, 1.82) is 0 Å². The van der Waals surface area contributed by atoms with E-state index in [1.165, 1.54) is 17.0 Å². The first kappa shape index (κ1) is 30.2. The monoisotopic (exact) mass is 569 g/mol. The molecule has 2 amide bonds. The van der Waals surface area contributed by atoms with Gasteiger partial charge < -0.3 is 10.2 Å². The third kappa shape index (κ3) is 7.40. The minimum absolute atomic E-state index is 0.0413. The molecular formula is C30H36ClN3O4S. The van der Waals surface area contributed by atoms with Crippen LogP contribution in [0.4, 0.5) is 5.69 Å². The second-order valence-electron chi connectivity index (χ2n) is 9.72.